The summed E-state index contributed by atoms with van der Waals surface area (Å²) in [4.78, 5) is 13.0. The van der Waals surface area contributed by atoms with E-state index in [4.69, 9.17) is 0 Å². The first kappa shape index (κ1) is 15.1. The van der Waals surface area contributed by atoms with Crippen LogP contribution >= 0.6 is 0 Å². The van der Waals surface area contributed by atoms with Gasteiger partial charge in [0.1, 0.15) is 5.78 Å². The van der Waals surface area contributed by atoms with Gasteiger partial charge >= 0.3 is 0 Å². The third-order valence-electron chi connectivity index (χ3n) is 8.19. The van der Waals surface area contributed by atoms with Gasteiger partial charge in [-0.25, -0.2) is 0 Å². The number of hydrogen-bond acceptors (Lipinski definition) is 3. The molecule has 0 heterocycles. The molecule has 0 amide bonds. The van der Waals surface area contributed by atoms with Crippen LogP contribution in [-0.2, 0) is 4.79 Å². The van der Waals surface area contributed by atoms with Crippen LogP contribution in [0.2, 0.25) is 0 Å². The summed E-state index contributed by atoms with van der Waals surface area (Å²) in [6, 6.07) is 0. The summed E-state index contributed by atoms with van der Waals surface area (Å²) in [5.41, 5.74) is 0.403. The van der Waals surface area contributed by atoms with Gasteiger partial charge in [0, 0.05) is 12.3 Å². The van der Waals surface area contributed by atoms with Gasteiger partial charge < -0.3 is 10.2 Å². The first-order chi connectivity index (χ1) is 10.3. The Balaban J connectivity index is 1.68. The molecular formula is C19H30O3. The van der Waals surface area contributed by atoms with Crippen molar-refractivity contribution in [2.24, 2.45) is 34.5 Å². The number of aliphatic hydroxyl groups excluding tert-OH is 2. The summed E-state index contributed by atoms with van der Waals surface area (Å²) < 4.78 is 0. The molecule has 4 aliphatic carbocycles. The van der Waals surface area contributed by atoms with Crippen molar-refractivity contribution in [2.75, 3.05) is 0 Å². The van der Waals surface area contributed by atoms with Gasteiger partial charge in [0.2, 0.25) is 0 Å². The Morgan fingerprint density at radius 2 is 1.77 bits per heavy atom. The lowest BCUT2D eigenvalue weighted by Gasteiger charge is -2.59. The number of carbonyl (C=O) groups excluding carboxylic acids is 1. The fourth-order valence-electron chi connectivity index (χ4n) is 6.93. The van der Waals surface area contributed by atoms with Crippen molar-refractivity contribution in [3.8, 4) is 0 Å². The Morgan fingerprint density at radius 1 is 1.00 bits per heavy atom. The van der Waals surface area contributed by atoms with Gasteiger partial charge in [-0.3, -0.25) is 4.79 Å². The standard InChI is InChI=1S/C19H30O3/c1-18-5-4-14-17(15(18)9-13(21)10-18)16(22)8-11-7-12(20)3-6-19(11,14)2/h11-15,17,20-21H,3-10H2,1-2H3/t11-,12-,13+,14+,15+,17-,18-,19+/m1/s1. The highest BCUT2D eigenvalue weighted by molar-refractivity contribution is 5.83. The SMILES string of the molecule is C[C@]12CC[C@H]3[C@@H](C(=O)C[C@H]4C[C@H](O)CC[C@@]43C)[C@@H]1C[C@H](O)C2. The summed E-state index contributed by atoms with van der Waals surface area (Å²) >= 11 is 0. The van der Waals surface area contributed by atoms with E-state index in [9.17, 15) is 15.0 Å². The van der Waals surface area contributed by atoms with E-state index in [-0.39, 0.29) is 29.0 Å². The van der Waals surface area contributed by atoms with E-state index in [0.717, 1.165) is 44.9 Å². The van der Waals surface area contributed by atoms with E-state index in [1.807, 2.05) is 0 Å². The molecule has 3 heteroatoms. The van der Waals surface area contributed by atoms with E-state index in [2.05, 4.69) is 13.8 Å². The minimum atomic E-state index is -0.208. The average molecular weight is 306 g/mol. The summed E-state index contributed by atoms with van der Waals surface area (Å²) in [5, 5.41) is 20.2. The van der Waals surface area contributed by atoms with E-state index >= 15 is 0 Å². The molecule has 4 aliphatic rings. The molecule has 0 aromatic rings. The van der Waals surface area contributed by atoms with Crippen LogP contribution in [0.15, 0.2) is 0 Å². The normalized spacial score (nSPS) is 57.9. The molecule has 0 aromatic heterocycles. The highest BCUT2D eigenvalue weighted by atomic mass is 16.3. The minimum Gasteiger partial charge on any atom is -0.393 e. The lowest BCUT2D eigenvalue weighted by atomic mass is 9.45. The molecule has 0 unspecified atom stereocenters. The summed E-state index contributed by atoms with van der Waals surface area (Å²) in [5.74, 6) is 1.85. The Morgan fingerprint density at radius 3 is 2.55 bits per heavy atom. The van der Waals surface area contributed by atoms with Crippen LogP contribution in [0.4, 0.5) is 0 Å². The quantitative estimate of drug-likeness (QED) is 0.723. The molecule has 0 aliphatic heterocycles. The second-order valence-corrected chi connectivity index (χ2v) is 9.33. The van der Waals surface area contributed by atoms with Crippen molar-refractivity contribution in [3.63, 3.8) is 0 Å². The maximum atomic E-state index is 13.0. The van der Waals surface area contributed by atoms with Gasteiger partial charge in [-0.15, -0.1) is 0 Å². The number of ketones is 1. The van der Waals surface area contributed by atoms with E-state index in [0.29, 0.717) is 30.0 Å². The van der Waals surface area contributed by atoms with Crippen LogP contribution < -0.4 is 0 Å². The maximum absolute atomic E-state index is 13.0. The lowest BCUT2D eigenvalue weighted by molar-refractivity contribution is -0.158. The summed E-state index contributed by atoms with van der Waals surface area (Å²) in [7, 11) is 0. The van der Waals surface area contributed by atoms with E-state index in [1.54, 1.807) is 0 Å². The molecular weight excluding hydrogens is 276 g/mol. The molecule has 22 heavy (non-hydrogen) atoms. The van der Waals surface area contributed by atoms with E-state index in [1.165, 1.54) is 0 Å². The number of rotatable bonds is 0. The van der Waals surface area contributed by atoms with Crippen LogP contribution in [-0.4, -0.2) is 28.2 Å². The zero-order chi connectivity index (χ0) is 15.7. The first-order valence-electron chi connectivity index (χ1n) is 9.22. The second kappa shape index (κ2) is 4.80. The number of fused-ring (bicyclic) bond motifs is 5. The highest BCUT2D eigenvalue weighted by Crippen LogP contribution is 2.65. The number of Topliss-reactive ketones (excluding diaryl/α,β-unsaturated/α-hetero) is 1. The third-order valence-corrected chi connectivity index (χ3v) is 8.19. The van der Waals surface area contributed by atoms with Crippen LogP contribution in [0.1, 0.15) is 65.2 Å². The fourth-order valence-corrected chi connectivity index (χ4v) is 6.93. The van der Waals surface area contributed by atoms with Gasteiger partial charge in [-0.05, 0) is 73.5 Å². The molecule has 4 rings (SSSR count). The average Bonchev–Trinajstić information content (AvgIpc) is 2.75. The fraction of sp³-hybridized carbons (Fsp3) is 0.947. The molecule has 2 N–H and O–H groups in total. The van der Waals surface area contributed by atoms with Gasteiger partial charge in [0.05, 0.1) is 12.2 Å². The Kier molecular flexibility index (Phi) is 3.30. The van der Waals surface area contributed by atoms with Crippen molar-refractivity contribution in [3.05, 3.63) is 0 Å². The smallest absolute Gasteiger partial charge is 0.136 e. The van der Waals surface area contributed by atoms with Crippen molar-refractivity contribution in [1.29, 1.82) is 0 Å². The van der Waals surface area contributed by atoms with Crippen LogP contribution in [0.25, 0.3) is 0 Å². The van der Waals surface area contributed by atoms with Crippen molar-refractivity contribution >= 4 is 5.78 Å². The molecule has 0 bridgehead atoms. The van der Waals surface area contributed by atoms with E-state index < -0.39 is 0 Å². The summed E-state index contributed by atoms with van der Waals surface area (Å²) in [6.07, 6.45) is 7.04. The van der Waals surface area contributed by atoms with Gasteiger partial charge in [-0.2, -0.15) is 0 Å². The molecule has 0 radical (unpaired) electrons. The molecule has 8 atom stereocenters. The monoisotopic (exact) mass is 306 g/mol. The molecule has 0 saturated heterocycles. The molecule has 124 valence electrons. The van der Waals surface area contributed by atoms with Gasteiger partial charge in [-0.1, -0.05) is 13.8 Å². The second-order valence-electron chi connectivity index (χ2n) is 9.33. The molecule has 4 saturated carbocycles. The Bertz CT molecular complexity index is 489. The number of aliphatic hydroxyl groups is 2. The van der Waals surface area contributed by atoms with Gasteiger partial charge in [0.15, 0.2) is 0 Å². The van der Waals surface area contributed by atoms with Crippen molar-refractivity contribution < 1.29 is 15.0 Å². The van der Waals surface area contributed by atoms with Crippen LogP contribution in [0, 0.1) is 34.5 Å². The largest absolute Gasteiger partial charge is 0.393 e. The Hall–Kier alpha value is -0.410. The molecule has 0 spiro atoms. The molecule has 3 nitrogen and oxygen atoms in total. The third kappa shape index (κ3) is 1.97. The first-order valence-corrected chi connectivity index (χ1v) is 9.22. The topological polar surface area (TPSA) is 57.5 Å². The van der Waals surface area contributed by atoms with Crippen molar-refractivity contribution in [2.45, 2.75) is 77.4 Å². The predicted octanol–water partition coefficient (Wildman–Crippen LogP) is 2.93. The lowest BCUT2D eigenvalue weighted by Crippen LogP contribution is -2.56. The van der Waals surface area contributed by atoms with Gasteiger partial charge in [0.25, 0.3) is 0 Å². The number of carbonyl (C=O) groups is 1. The van der Waals surface area contributed by atoms with Crippen molar-refractivity contribution in [1.82, 2.24) is 0 Å². The zero-order valence-corrected chi connectivity index (χ0v) is 13.9. The highest BCUT2D eigenvalue weighted by Gasteiger charge is 2.61. The summed E-state index contributed by atoms with van der Waals surface area (Å²) in [6.45, 7) is 4.69. The number of hydrogen-bond donors (Lipinski definition) is 2. The van der Waals surface area contributed by atoms with Crippen LogP contribution in [0.3, 0.4) is 0 Å². The minimum absolute atomic E-state index is 0.174. The maximum Gasteiger partial charge on any atom is 0.136 e. The zero-order valence-electron chi connectivity index (χ0n) is 13.9. The predicted molar refractivity (Wildman–Crippen MR) is 84.1 cm³/mol. The van der Waals surface area contributed by atoms with Crippen LogP contribution in [0.5, 0.6) is 0 Å². The Labute approximate surface area is 133 Å². The molecule has 4 fully saturated rings. The molecule has 0 aromatic carbocycles.